The number of rotatable bonds is 9. The van der Waals surface area contributed by atoms with Gasteiger partial charge in [-0.1, -0.05) is 12.1 Å². The zero-order chi connectivity index (χ0) is 30.4. The quantitative estimate of drug-likeness (QED) is 0.168. The molecular formula is C29H36N2O11. The van der Waals surface area contributed by atoms with Gasteiger partial charge in [0, 0.05) is 37.1 Å². The number of likely N-dealkylation sites (N-methyl/N-ethyl adjacent to an activating group) is 1. The molecule has 13 nitrogen and oxygen atoms in total. The van der Waals surface area contributed by atoms with Gasteiger partial charge in [0.1, 0.15) is 11.5 Å². The number of aliphatic hydroxyl groups excluding tert-OH is 2. The first-order chi connectivity index (χ1) is 19.9. The molecule has 0 saturated carbocycles. The maximum atomic E-state index is 12.9. The highest BCUT2D eigenvalue weighted by Crippen LogP contribution is 2.64. The van der Waals surface area contributed by atoms with Crippen molar-refractivity contribution in [3.05, 3.63) is 40.7 Å². The minimum Gasteiger partial charge on any atom is -0.481 e. The van der Waals surface area contributed by atoms with Crippen LogP contribution in [-0.4, -0.2) is 94.3 Å². The molecule has 4 aliphatic rings. The number of carbonyl (C=O) groups excluding carboxylic acids is 4. The van der Waals surface area contributed by atoms with Crippen LogP contribution in [0.1, 0.15) is 56.2 Å². The van der Waals surface area contributed by atoms with E-state index in [4.69, 9.17) is 18.9 Å². The zero-order valence-corrected chi connectivity index (χ0v) is 23.8. The summed E-state index contributed by atoms with van der Waals surface area (Å²) in [6.45, 7) is 2.83. The van der Waals surface area contributed by atoms with E-state index >= 15 is 0 Å². The third-order valence-corrected chi connectivity index (χ3v) is 8.85. The number of nitrogens with one attached hydrogen (secondary N) is 1. The Kier molecular flexibility index (Phi) is 8.05. The Hall–Kier alpha value is -3.52. The molecule has 0 unspecified atom stereocenters. The van der Waals surface area contributed by atoms with Gasteiger partial charge in [0.2, 0.25) is 0 Å². The van der Waals surface area contributed by atoms with Gasteiger partial charge in [-0.3, -0.25) is 14.4 Å². The number of likely N-dealkylation sites (tertiary alicyclic amines) is 1. The van der Waals surface area contributed by atoms with Crippen molar-refractivity contribution >= 4 is 23.8 Å². The first-order valence-corrected chi connectivity index (χ1v) is 14.0. The van der Waals surface area contributed by atoms with E-state index in [1.54, 1.807) is 12.1 Å². The fourth-order valence-electron chi connectivity index (χ4n) is 7.02. The number of hydrogen-bond acceptors (Lipinski definition) is 12. The fraction of sp³-hybridized carbons (Fsp3) is 0.586. The lowest BCUT2D eigenvalue weighted by molar-refractivity contribution is -0.191. The highest BCUT2D eigenvalue weighted by molar-refractivity contribution is 5.83. The Bertz CT molecular complexity index is 1330. The summed E-state index contributed by atoms with van der Waals surface area (Å²) in [7, 11) is 1.98. The van der Waals surface area contributed by atoms with Crippen LogP contribution in [0.2, 0.25) is 0 Å². The van der Waals surface area contributed by atoms with E-state index in [-0.39, 0.29) is 37.8 Å². The molecule has 1 aromatic rings. The van der Waals surface area contributed by atoms with Crippen molar-refractivity contribution < 1.29 is 53.4 Å². The number of hydrogen-bond donors (Lipinski definition) is 4. The van der Waals surface area contributed by atoms with Crippen LogP contribution in [0.25, 0.3) is 0 Å². The highest BCUT2D eigenvalue weighted by atomic mass is 16.7. The molecule has 4 N–H and O–H groups in total. The summed E-state index contributed by atoms with van der Waals surface area (Å²) in [6, 6.07) is 3.54. The minimum absolute atomic E-state index is 0.0859. The summed E-state index contributed by atoms with van der Waals surface area (Å²) in [5, 5.41) is 35.1. The van der Waals surface area contributed by atoms with E-state index in [1.165, 1.54) is 6.92 Å². The SMILES string of the molecule is CC(=O)O[C@@H](C)C(=O)NCCC(=O)O[C@@H](O)C(=O)OC1=CC[C@@]2(O)[C@H]3Cc4ccc(CO)c5c4[C@@]2(CCCN3C)[C@H]1O5. The Balaban J connectivity index is 1.29. The van der Waals surface area contributed by atoms with Gasteiger partial charge in [-0.15, -0.1) is 0 Å². The summed E-state index contributed by atoms with van der Waals surface area (Å²) in [5.74, 6) is -2.92. The van der Waals surface area contributed by atoms with Crippen LogP contribution in [0.15, 0.2) is 24.0 Å². The average molecular weight is 589 g/mol. The monoisotopic (exact) mass is 588 g/mol. The largest absolute Gasteiger partial charge is 0.481 e. The molecule has 1 fully saturated rings. The smallest absolute Gasteiger partial charge is 0.381 e. The Morgan fingerprint density at radius 2 is 2.00 bits per heavy atom. The molecule has 0 aromatic heterocycles. The topological polar surface area (TPSA) is 181 Å². The first kappa shape index (κ1) is 30.0. The van der Waals surface area contributed by atoms with Gasteiger partial charge >= 0.3 is 17.9 Å². The highest BCUT2D eigenvalue weighted by Gasteiger charge is 2.70. The summed E-state index contributed by atoms with van der Waals surface area (Å²) >= 11 is 0. The third-order valence-electron chi connectivity index (χ3n) is 8.85. The molecule has 13 heteroatoms. The van der Waals surface area contributed by atoms with Crippen molar-refractivity contribution in [2.75, 3.05) is 20.1 Å². The van der Waals surface area contributed by atoms with E-state index < -0.39 is 53.3 Å². The van der Waals surface area contributed by atoms with E-state index in [9.17, 15) is 34.5 Å². The predicted molar refractivity (Wildman–Crippen MR) is 143 cm³/mol. The summed E-state index contributed by atoms with van der Waals surface area (Å²) in [5.41, 5.74) is 0.193. The molecule has 42 heavy (non-hydrogen) atoms. The molecular weight excluding hydrogens is 552 g/mol. The van der Waals surface area contributed by atoms with E-state index in [0.29, 0.717) is 24.2 Å². The van der Waals surface area contributed by atoms with Crippen LogP contribution in [0.4, 0.5) is 0 Å². The van der Waals surface area contributed by atoms with Gasteiger partial charge in [0.25, 0.3) is 12.2 Å². The Morgan fingerprint density at radius 3 is 2.71 bits per heavy atom. The van der Waals surface area contributed by atoms with Crippen molar-refractivity contribution in [1.29, 1.82) is 0 Å². The second-order valence-electron chi connectivity index (χ2n) is 11.3. The normalized spacial score (nSPS) is 28.7. The number of carbonyl (C=O) groups is 4. The lowest BCUT2D eigenvalue weighted by Crippen LogP contribution is -2.69. The second-order valence-corrected chi connectivity index (χ2v) is 11.3. The van der Waals surface area contributed by atoms with Gasteiger partial charge in [0.15, 0.2) is 12.2 Å². The number of amides is 1. The van der Waals surface area contributed by atoms with Gasteiger partial charge in [-0.25, -0.2) is 4.79 Å². The minimum atomic E-state index is -2.25. The summed E-state index contributed by atoms with van der Waals surface area (Å²) in [4.78, 5) is 50.1. The molecule has 1 spiro atoms. The van der Waals surface area contributed by atoms with Gasteiger partial charge in [-0.05, 0) is 51.4 Å². The van der Waals surface area contributed by atoms with Crippen LogP contribution in [0.5, 0.6) is 5.75 Å². The number of esters is 3. The molecule has 1 aromatic carbocycles. The first-order valence-electron chi connectivity index (χ1n) is 14.0. The maximum Gasteiger partial charge on any atom is 0.381 e. The van der Waals surface area contributed by atoms with Crippen molar-refractivity contribution in [3.8, 4) is 5.75 Å². The molecule has 6 atom stereocenters. The molecule has 5 rings (SSSR count). The van der Waals surface area contributed by atoms with Crippen molar-refractivity contribution in [3.63, 3.8) is 0 Å². The fourth-order valence-corrected chi connectivity index (χ4v) is 7.02. The van der Waals surface area contributed by atoms with E-state index in [0.717, 1.165) is 31.0 Å². The van der Waals surface area contributed by atoms with E-state index in [2.05, 4.69) is 10.2 Å². The van der Waals surface area contributed by atoms with Crippen molar-refractivity contribution in [1.82, 2.24) is 10.2 Å². The average Bonchev–Trinajstić information content (AvgIpc) is 3.27. The summed E-state index contributed by atoms with van der Waals surface area (Å²) < 4.78 is 21.5. The third kappa shape index (κ3) is 4.83. The lowest BCUT2D eigenvalue weighted by Gasteiger charge is -2.56. The van der Waals surface area contributed by atoms with Crippen LogP contribution in [0, 0.1) is 0 Å². The Labute approximate surface area is 242 Å². The van der Waals surface area contributed by atoms with Crippen LogP contribution in [0.3, 0.4) is 0 Å². The van der Waals surface area contributed by atoms with Crippen molar-refractivity contribution in [2.24, 2.45) is 0 Å². The van der Waals surface area contributed by atoms with Crippen LogP contribution < -0.4 is 10.1 Å². The molecule has 2 aliphatic carbocycles. The maximum absolute atomic E-state index is 12.9. The van der Waals surface area contributed by atoms with Gasteiger partial charge in [-0.2, -0.15) is 0 Å². The number of ether oxygens (including phenoxy) is 4. The molecule has 2 aliphatic heterocycles. The molecule has 0 radical (unpaired) electrons. The molecule has 1 saturated heterocycles. The van der Waals surface area contributed by atoms with Crippen LogP contribution in [-0.2, 0) is 51.8 Å². The van der Waals surface area contributed by atoms with Crippen LogP contribution >= 0.6 is 0 Å². The number of benzene rings is 1. The van der Waals surface area contributed by atoms with Gasteiger partial charge < -0.3 is 44.5 Å². The van der Waals surface area contributed by atoms with Crippen molar-refractivity contribution in [2.45, 2.75) is 88.1 Å². The Morgan fingerprint density at radius 1 is 1.24 bits per heavy atom. The zero-order valence-electron chi connectivity index (χ0n) is 23.8. The molecule has 2 bridgehead atoms. The molecule has 1 amide bonds. The lowest BCUT2D eigenvalue weighted by atomic mass is 9.52. The number of nitrogens with zero attached hydrogens (tertiary/aromatic N) is 1. The molecule has 2 heterocycles. The standard InChI is InChI=1S/C29H36N2O11/c1-15(39-16(2)33)25(35)30-11-8-21(34)41-27(37)26(36)40-19-7-10-29(38)20-13-17-5-6-18(14-32)23-22(17)28(29,24(19)42-23)9-4-12-31(20)3/h5-7,15,20,24,27,32,37-38H,4,8-14H2,1-3H3,(H,30,35)/t15-,20+,24-,27+,28-,29+/m0/s1. The summed E-state index contributed by atoms with van der Waals surface area (Å²) in [6.07, 6.45) is -0.962. The molecule has 228 valence electrons. The second kappa shape index (κ2) is 11.3. The van der Waals surface area contributed by atoms with E-state index in [1.807, 2.05) is 13.1 Å². The number of aliphatic hydroxyl groups is 3. The predicted octanol–water partition coefficient (Wildman–Crippen LogP) is -0.291. The van der Waals surface area contributed by atoms with Gasteiger partial charge in [0.05, 0.1) is 24.0 Å².